The number of aliphatic imine (C=N–C) groups is 1. The van der Waals surface area contributed by atoms with Crippen LogP contribution in [0.2, 0.25) is 0 Å². The van der Waals surface area contributed by atoms with E-state index < -0.39 is 10.0 Å². The normalized spacial score (nSPS) is 15.4. The van der Waals surface area contributed by atoms with E-state index in [-0.39, 0.29) is 10.6 Å². The molecule has 6 nitrogen and oxygen atoms in total. The van der Waals surface area contributed by atoms with Crippen LogP contribution in [0.15, 0.2) is 52.4 Å². The maximum atomic E-state index is 12.7. The zero-order valence-corrected chi connectivity index (χ0v) is 16.2. The van der Waals surface area contributed by atoms with E-state index in [4.69, 9.17) is 4.74 Å². The SMILES string of the molecule is CCCOc1ccc(C=Nc2cccc(S(=O)(=O)N3CCCC3)c2)c(O)c1. The molecule has 2 aromatic rings. The molecule has 1 saturated heterocycles. The number of hydrogen-bond acceptors (Lipinski definition) is 5. The van der Waals surface area contributed by atoms with Crippen LogP contribution in [0.25, 0.3) is 0 Å². The predicted octanol–water partition coefficient (Wildman–Crippen LogP) is 3.72. The fourth-order valence-corrected chi connectivity index (χ4v) is 4.45. The minimum absolute atomic E-state index is 0.0631. The topological polar surface area (TPSA) is 79.2 Å². The Morgan fingerprint density at radius 3 is 2.67 bits per heavy atom. The molecule has 1 fully saturated rings. The smallest absolute Gasteiger partial charge is 0.243 e. The minimum atomic E-state index is -3.47. The lowest BCUT2D eigenvalue weighted by atomic mass is 10.2. The highest BCUT2D eigenvalue weighted by Gasteiger charge is 2.27. The summed E-state index contributed by atoms with van der Waals surface area (Å²) in [6, 6.07) is 11.6. The first kappa shape index (κ1) is 19.4. The molecule has 1 aliphatic heterocycles. The van der Waals surface area contributed by atoms with Gasteiger partial charge in [0, 0.05) is 30.9 Å². The summed E-state index contributed by atoms with van der Waals surface area (Å²) in [6.07, 6.45) is 4.20. The Balaban J connectivity index is 1.78. The van der Waals surface area contributed by atoms with Gasteiger partial charge in [-0.15, -0.1) is 0 Å². The Hall–Kier alpha value is -2.38. The van der Waals surface area contributed by atoms with Crippen LogP contribution in [0.4, 0.5) is 5.69 Å². The summed E-state index contributed by atoms with van der Waals surface area (Å²) in [7, 11) is -3.47. The second-order valence-corrected chi connectivity index (χ2v) is 8.37. The number of benzene rings is 2. The molecule has 0 saturated carbocycles. The van der Waals surface area contributed by atoms with Gasteiger partial charge in [0.25, 0.3) is 0 Å². The summed E-state index contributed by atoms with van der Waals surface area (Å²) in [5.41, 5.74) is 1.05. The molecule has 0 bridgehead atoms. The van der Waals surface area contributed by atoms with Crippen molar-refractivity contribution in [1.82, 2.24) is 4.31 Å². The van der Waals surface area contributed by atoms with Gasteiger partial charge in [-0.3, -0.25) is 4.99 Å². The summed E-state index contributed by atoms with van der Waals surface area (Å²) in [4.78, 5) is 4.56. The van der Waals surface area contributed by atoms with Gasteiger partial charge in [0.15, 0.2) is 0 Å². The van der Waals surface area contributed by atoms with Crippen LogP contribution in [0, 0.1) is 0 Å². The minimum Gasteiger partial charge on any atom is -0.507 e. The first-order valence-electron chi connectivity index (χ1n) is 9.11. The second-order valence-electron chi connectivity index (χ2n) is 6.44. The Morgan fingerprint density at radius 1 is 1.19 bits per heavy atom. The molecule has 0 radical (unpaired) electrons. The number of sulfonamides is 1. The molecule has 0 amide bonds. The number of nitrogens with zero attached hydrogens (tertiary/aromatic N) is 2. The molecule has 3 rings (SSSR count). The lowest BCUT2D eigenvalue weighted by Gasteiger charge is -2.15. The fraction of sp³-hybridized carbons (Fsp3) is 0.350. The van der Waals surface area contributed by atoms with Crippen LogP contribution < -0.4 is 4.74 Å². The number of aromatic hydroxyl groups is 1. The Kier molecular flexibility index (Phi) is 6.13. The molecule has 1 aliphatic rings. The summed E-state index contributed by atoms with van der Waals surface area (Å²) in [6.45, 7) is 3.73. The van der Waals surface area contributed by atoms with E-state index in [1.165, 1.54) is 10.5 Å². The maximum absolute atomic E-state index is 12.7. The van der Waals surface area contributed by atoms with Crippen molar-refractivity contribution < 1.29 is 18.3 Å². The van der Waals surface area contributed by atoms with Gasteiger partial charge in [0.2, 0.25) is 10.0 Å². The van der Waals surface area contributed by atoms with E-state index in [2.05, 4.69) is 4.99 Å². The number of phenols is 1. The number of ether oxygens (including phenoxy) is 1. The van der Waals surface area contributed by atoms with E-state index in [9.17, 15) is 13.5 Å². The zero-order valence-electron chi connectivity index (χ0n) is 15.3. The van der Waals surface area contributed by atoms with Crippen LogP contribution in [0.5, 0.6) is 11.5 Å². The number of rotatable bonds is 7. The number of phenolic OH excluding ortho intramolecular Hbond substituents is 1. The van der Waals surface area contributed by atoms with E-state index in [1.807, 2.05) is 6.92 Å². The molecule has 0 unspecified atom stereocenters. The summed E-state index contributed by atoms with van der Waals surface area (Å²) >= 11 is 0. The molecule has 0 aliphatic carbocycles. The molecule has 27 heavy (non-hydrogen) atoms. The third-order valence-corrected chi connectivity index (χ3v) is 6.24. The molecule has 1 heterocycles. The predicted molar refractivity (Wildman–Crippen MR) is 106 cm³/mol. The van der Waals surface area contributed by atoms with Crippen molar-refractivity contribution in [2.24, 2.45) is 4.99 Å². The first-order chi connectivity index (χ1) is 13.0. The van der Waals surface area contributed by atoms with Crippen molar-refractivity contribution in [1.29, 1.82) is 0 Å². The van der Waals surface area contributed by atoms with Gasteiger partial charge in [-0.25, -0.2) is 8.42 Å². The highest BCUT2D eigenvalue weighted by atomic mass is 32.2. The van der Waals surface area contributed by atoms with Crippen molar-refractivity contribution in [2.45, 2.75) is 31.1 Å². The quantitative estimate of drug-likeness (QED) is 0.733. The van der Waals surface area contributed by atoms with Crippen LogP contribution in [0.1, 0.15) is 31.7 Å². The van der Waals surface area contributed by atoms with Crippen molar-refractivity contribution in [3.63, 3.8) is 0 Å². The molecule has 0 aromatic heterocycles. The zero-order chi connectivity index (χ0) is 19.3. The molecular formula is C20H24N2O4S. The standard InChI is InChI=1S/C20H24N2O4S/c1-2-12-26-18-9-8-16(20(23)14-18)15-21-17-6-5-7-19(13-17)27(24,25)22-10-3-4-11-22/h5-9,13-15,23H,2-4,10-12H2,1H3. The lowest BCUT2D eigenvalue weighted by molar-refractivity contribution is 0.315. The van der Waals surface area contributed by atoms with Crippen molar-refractivity contribution in [3.8, 4) is 11.5 Å². The summed E-state index contributed by atoms with van der Waals surface area (Å²) < 4.78 is 32.3. The molecule has 2 aromatic carbocycles. The molecule has 7 heteroatoms. The lowest BCUT2D eigenvalue weighted by Crippen LogP contribution is -2.27. The second kappa shape index (κ2) is 8.54. The average molecular weight is 388 g/mol. The third kappa shape index (κ3) is 4.67. The monoisotopic (exact) mass is 388 g/mol. The van der Waals surface area contributed by atoms with Crippen molar-refractivity contribution in [2.75, 3.05) is 19.7 Å². The van der Waals surface area contributed by atoms with E-state index in [0.717, 1.165) is 19.3 Å². The van der Waals surface area contributed by atoms with E-state index >= 15 is 0 Å². The van der Waals surface area contributed by atoms with E-state index in [0.29, 0.717) is 36.7 Å². The van der Waals surface area contributed by atoms with Crippen molar-refractivity contribution in [3.05, 3.63) is 48.0 Å². The Morgan fingerprint density at radius 2 is 1.96 bits per heavy atom. The van der Waals surface area contributed by atoms with Gasteiger partial charge in [0.1, 0.15) is 11.5 Å². The molecule has 0 atom stereocenters. The third-order valence-electron chi connectivity index (χ3n) is 4.35. The molecule has 1 N–H and O–H groups in total. The van der Waals surface area contributed by atoms with Gasteiger partial charge in [0.05, 0.1) is 17.2 Å². The van der Waals surface area contributed by atoms with Gasteiger partial charge < -0.3 is 9.84 Å². The van der Waals surface area contributed by atoms with Crippen LogP contribution in [0.3, 0.4) is 0 Å². The van der Waals surface area contributed by atoms with E-state index in [1.54, 1.807) is 42.5 Å². The van der Waals surface area contributed by atoms with Crippen LogP contribution in [-0.2, 0) is 10.0 Å². The van der Waals surface area contributed by atoms with Gasteiger partial charge >= 0.3 is 0 Å². The highest BCUT2D eigenvalue weighted by Crippen LogP contribution is 2.26. The average Bonchev–Trinajstić information content (AvgIpc) is 3.21. The van der Waals surface area contributed by atoms with Gasteiger partial charge in [-0.2, -0.15) is 4.31 Å². The molecule has 0 spiro atoms. The first-order valence-corrected chi connectivity index (χ1v) is 10.5. The fourth-order valence-electron chi connectivity index (χ4n) is 2.89. The van der Waals surface area contributed by atoms with Crippen LogP contribution >= 0.6 is 0 Å². The van der Waals surface area contributed by atoms with Crippen molar-refractivity contribution >= 4 is 21.9 Å². The Labute approximate surface area is 160 Å². The Bertz CT molecular complexity index is 919. The maximum Gasteiger partial charge on any atom is 0.243 e. The number of hydrogen-bond donors (Lipinski definition) is 1. The molecular weight excluding hydrogens is 364 g/mol. The molecule has 144 valence electrons. The largest absolute Gasteiger partial charge is 0.507 e. The summed E-state index contributed by atoms with van der Waals surface area (Å²) in [5, 5.41) is 10.1. The van der Waals surface area contributed by atoms with Gasteiger partial charge in [-0.05, 0) is 49.6 Å². The highest BCUT2D eigenvalue weighted by molar-refractivity contribution is 7.89. The summed E-state index contributed by atoms with van der Waals surface area (Å²) in [5.74, 6) is 0.665. The van der Waals surface area contributed by atoms with Crippen LogP contribution in [-0.4, -0.2) is 43.7 Å². The van der Waals surface area contributed by atoms with Gasteiger partial charge in [-0.1, -0.05) is 13.0 Å².